The molecule has 19 heavy (non-hydrogen) atoms. The van der Waals surface area contributed by atoms with Crippen LogP contribution in [0.1, 0.15) is 5.56 Å². The lowest BCUT2D eigenvalue weighted by atomic mass is 10.0. The van der Waals surface area contributed by atoms with Crippen LogP contribution in [0.25, 0.3) is 5.57 Å². The van der Waals surface area contributed by atoms with E-state index in [0.717, 1.165) is 5.57 Å². The zero-order valence-electron chi connectivity index (χ0n) is 9.92. The summed E-state index contributed by atoms with van der Waals surface area (Å²) in [5.41, 5.74) is 7.05. The predicted octanol–water partition coefficient (Wildman–Crippen LogP) is 4.01. The van der Waals surface area contributed by atoms with Crippen molar-refractivity contribution in [3.63, 3.8) is 0 Å². The summed E-state index contributed by atoms with van der Waals surface area (Å²) < 4.78 is 0.710. The Morgan fingerprint density at radius 1 is 1.11 bits per heavy atom. The summed E-state index contributed by atoms with van der Waals surface area (Å²) in [5, 5.41) is 11.2. The molecule has 0 unspecified atom stereocenters. The number of rotatable bonds is 2. The summed E-state index contributed by atoms with van der Waals surface area (Å²) in [5.74, 6) is 0. The van der Waals surface area contributed by atoms with E-state index < -0.39 is 4.92 Å². The van der Waals surface area contributed by atoms with Gasteiger partial charge in [-0.25, -0.2) is 0 Å². The van der Waals surface area contributed by atoms with E-state index in [1.54, 1.807) is 6.07 Å². The summed E-state index contributed by atoms with van der Waals surface area (Å²) >= 11 is 3.31. The second kappa shape index (κ2) is 5.67. The highest BCUT2D eigenvalue weighted by atomic mass is 79.9. The SMILES string of the molecule is Nc1cc(Br)cc(C2=C/C=C\C=C/C=C\2)c1[N+](=O)[O-]. The number of anilines is 1. The maximum atomic E-state index is 11.2. The smallest absolute Gasteiger partial charge is 0.299 e. The van der Waals surface area contributed by atoms with Gasteiger partial charge in [0.05, 0.1) is 10.5 Å². The number of nitrogens with zero attached hydrogens (tertiary/aromatic N) is 1. The summed E-state index contributed by atoms with van der Waals surface area (Å²) in [6.45, 7) is 0. The van der Waals surface area contributed by atoms with Gasteiger partial charge in [0.15, 0.2) is 0 Å². The molecule has 4 nitrogen and oxygen atoms in total. The lowest BCUT2D eigenvalue weighted by molar-refractivity contribution is -0.384. The Bertz CT molecular complexity index is 643. The van der Waals surface area contributed by atoms with Crippen molar-refractivity contribution in [2.24, 2.45) is 0 Å². The predicted molar refractivity (Wildman–Crippen MR) is 80.6 cm³/mol. The average Bonchev–Trinajstić information content (AvgIpc) is 2.26. The molecule has 2 rings (SSSR count). The lowest BCUT2D eigenvalue weighted by Gasteiger charge is -2.07. The number of nitrogen functional groups attached to an aromatic ring is 1. The zero-order chi connectivity index (χ0) is 13.8. The second-order valence-corrected chi connectivity index (χ2v) is 4.81. The van der Waals surface area contributed by atoms with E-state index in [1.807, 2.05) is 42.5 Å². The highest BCUT2D eigenvalue weighted by Gasteiger charge is 2.20. The minimum absolute atomic E-state index is 0.0722. The molecular formula is C14H11BrN2O2. The molecule has 0 spiro atoms. The fourth-order valence-corrected chi connectivity index (χ4v) is 2.27. The first-order chi connectivity index (χ1) is 9.09. The molecule has 0 fully saturated rings. The molecule has 2 N–H and O–H groups in total. The summed E-state index contributed by atoms with van der Waals surface area (Å²) in [4.78, 5) is 10.7. The summed E-state index contributed by atoms with van der Waals surface area (Å²) in [7, 11) is 0. The Morgan fingerprint density at radius 2 is 1.79 bits per heavy atom. The van der Waals surface area contributed by atoms with Gasteiger partial charge in [0.25, 0.3) is 5.69 Å². The maximum absolute atomic E-state index is 11.2. The van der Waals surface area contributed by atoms with Crippen LogP contribution in [-0.4, -0.2) is 4.92 Å². The highest BCUT2D eigenvalue weighted by Crippen LogP contribution is 2.35. The van der Waals surface area contributed by atoms with Crippen LogP contribution in [-0.2, 0) is 0 Å². The number of nitro benzene ring substituents is 1. The van der Waals surface area contributed by atoms with Gasteiger partial charge in [0.2, 0.25) is 0 Å². The number of nitrogens with two attached hydrogens (primary N) is 1. The van der Waals surface area contributed by atoms with Crippen LogP contribution in [0.3, 0.4) is 0 Å². The Kier molecular flexibility index (Phi) is 3.97. The van der Waals surface area contributed by atoms with E-state index in [4.69, 9.17) is 5.73 Å². The monoisotopic (exact) mass is 318 g/mol. The van der Waals surface area contributed by atoms with Gasteiger partial charge in [-0.2, -0.15) is 0 Å². The zero-order valence-corrected chi connectivity index (χ0v) is 11.5. The van der Waals surface area contributed by atoms with Crippen molar-refractivity contribution in [2.75, 3.05) is 5.73 Å². The molecular weight excluding hydrogens is 308 g/mol. The van der Waals surface area contributed by atoms with Gasteiger partial charge < -0.3 is 5.73 Å². The first kappa shape index (κ1) is 13.3. The van der Waals surface area contributed by atoms with Crippen molar-refractivity contribution in [3.05, 3.63) is 74.8 Å². The average molecular weight is 319 g/mol. The summed E-state index contributed by atoms with van der Waals surface area (Å²) in [6.07, 6.45) is 12.9. The van der Waals surface area contributed by atoms with Gasteiger partial charge in [-0.05, 0) is 17.7 Å². The van der Waals surface area contributed by atoms with Crippen LogP contribution in [0, 0.1) is 10.1 Å². The first-order valence-electron chi connectivity index (χ1n) is 5.55. The van der Waals surface area contributed by atoms with E-state index in [0.29, 0.717) is 10.0 Å². The maximum Gasteiger partial charge on any atom is 0.299 e. The molecule has 1 aromatic rings. The molecule has 1 aliphatic carbocycles. The third kappa shape index (κ3) is 3.00. The van der Waals surface area contributed by atoms with Crippen LogP contribution >= 0.6 is 15.9 Å². The van der Waals surface area contributed by atoms with Gasteiger partial charge in [-0.1, -0.05) is 58.5 Å². The minimum atomic E-state index is -0.454. The van der Waals surface area contributed by atoms with Crippen molar-refractivity contribution in [1.29, 1.82) is 0 Å². The lowest BCUT2D eigenvalue weighted by Crippen LogP contribution is -2.00. The molecule has 0 amide bonds. The Labute approximate surface area is 118 Å². The standard InChI is InChI=1S/C14H11BrN2O2/c15-11-8-12(14(17(18)19)13(16)9-11)10-6-4-2-1-3-5-7-10/h1-9H,16H2/b2-1-,3-1?,4-2?,5-3-,6-4-,7-5?,10-6?,10-7+. The van der Waals surface area contributed by atoms with Gasteiger partial charge in [-0.15, -0.1) is 0 Å². The molecule has 0 saturated carbocycles. The molecule has 0 bridgehead atoms. The normalized spacial score (nSPS) is 21.6. The summed E-state index contributed by atoms with van der Waals surface area (Å²) in [6, 6.07) is 3.23. The van der Waals surface area contributed by atoms with Crippen LogP contribution in [0.5, 0.6) is 0 Å². The van der Waals surface area contributed by atoms with E-state index in [-0.39, 0.29) is 11.4 Å². The van der Waals surface area contributed by atoms with Gasteiger partial charge in [-0.3, -0.25) is 10.1 Å². The van der Waals surface area contributed by atoms with E-state index in [9.17, 15) is 10.1 Å². The van der Waals surface area contributed by atoms with Crippen molar-refractivity contribution < 1.29 is 4.92 Å². The van der Waals surface area contributed by atoms with Crippen LogP contribution in [0.4, 0.5) is 11.4 Å². The van der Waals surface area contributed by atoms with E-state index in [2.05, 4.69) is 15.9 Å². The number of benzene rings is 1. The van der Waals surface area contributed by atoms with E-state index in [1.165, 1.54) is 6.07 Å². The fraction of sp³-hybridized carbons (Fsp3) is 0. The Balaban J connectivity index is 2.64. The van der Waals surface area contributed by atoms with Crippen molar-refractivity contribution in [1.82, 2.24) is 0 Å². The fourth-order valence-electron chi connectivity index (χ4n) is 1.79. The van der Waals surface area contributed by atoms with Crippen LogP contribution in [0.2, 0.25) is 0 Å². The second-order valence-electron chi connectivity index (χ2n) is 3.90. The number of nitro groups is 1. The first-order valence-corrected chi connectivity index (χ1v) is 6.34. The molecule has 0 aromatic heterocycles. The van der Waals surface area contributed by atoms with Crippen molar-refractivity contribution in [3.8, 4) is 0 Å². The Hall–Kier alpha value is -2.14. The molecule has 0 aliphatic heterocycles. The molecule has 5 heteroatoms. The molecule has 0 atom stereocenters. The molecule has 0 radical (unpaired) electrons. The highest BCUT2D eigenvalue weighted by molar-refractivity contribution is 9.10. The van der Waals surface area contributed by atoms with Crippen molar-refractivity contribution >= 4 is 32.9 Å². The largest absolute Gasteiger partial charge is 0.393 e. The molecule has 1 aromatic carbocycles. The van der Waals surface area contributed by atoms with Crippen LogP contribution < -0.4 is 5.73 Å². The minimum Gasteiger partial charge on any atom is -0.393 e. The quantitative estimate of drug-likeness (QED) is 0.509. The third-order valence-corrected chi connectivity index (χ3v) is 3.05. The van der Waals surface area contributed by atoms with E-state index >= 15 is 0 Å². The van der Waals surface area contributed by atoms with Crippen LogP contribution in [0.15, 0.2) is 59.1 Å². The van der Waals surface area contributed by atoms with Gasteiger partial charge in [0.1, 0.15) is 5.69 Å². The third-order valence-electron chi connectivity index (χ3n) is 2.59. The number of halogens is 1. The van der Waals surface area contributed by atoms with Crippen molar-refractivity contribution in [2.45, 2.75) is 0 Å². The molecule has 0 heterocycles. The van der Waals surface area contributed by atoms with Gasteiger partial charge >= 0.3 is 0 Å². The Morgan fingerprint density at radius 3 is 2.53 bits per heavy atom. The van der Waals surface area contributed by atoms with Gasteiger partial charge in [0, 0.05) is 4.47 Å². The number of hydrogen-bond donors (Lipinski definition) is 1. The number of allylic oxidation sites excluding steroid dienone is 8. The molecule has 1 aliphatic rings. The molecule has 96 valence electrons. The number of hydrogen-bond acceptors (Lipinski definition) is 3. The molecule has 0 saturated heterocycles. The topological polar surface area (TPSA) is 69.2 Å².